The second-order valence-corrected chi connectivity index (χ2v) is 5.78. The number of nitrogens with one attached hydrogen (secondary N) is 1. The van der Waals surface area contributed by atoms with Crippen molar-refractivity contribution >= 4 is 5.91 Å². The van der Waals surface area contributed by atoms with Crippen molar-refractivity contribution in [2.24, 2.45) is 0 Å². The van der Waals surface area contributed by atoms with Crippen LogP contribution < -0.4 is 14.8 Å². The van der Waals surface area contributed by atoms with E-state index in [2.05, 4.69) is 10.1 Å². The molecule has 1 amide bonds. The fourth-order valence-corrected chi connectivity index (χ4v) is 2.62. The Morgan fingerprint density at radius 2 is 2.12 bits per heavy atom. The molecule has 1 heterocycles. The number of halogens is 4. The predicted molar refractivity (Wildman–Crippen MR) is 82.1 cm³/mol. The van der Waals surface area contributed by atoms with E-state index in [1.165, 1.54) is 30.1 Å². The molecule has 25 heavy (non-hydrogen) atoms. The van der Waals surface area contributed by atoms with E-state index in [-0.39, 0.29) is 24.7 Å². The van der Waals surface area contributed by atoms with E-state index in [1.54, 1.807) is 6.92 Å². The van der Waals surface area contributed by atoms with E-state index >= 15 is 0 Å². The first-order chi connectivity index (χ1) is 11.7. The zero-order valence-electron chi connectivity index (χ0n) is 13.9. The van der Waals surface area contributed by atoms with Gasteiger partial charge in [0.05, 0.1) is 19.2 Å². The summed E-state index contributed by atoms with van der Waals surface area (Å²) in [5, 5.41) is 2.51. The number of amides is 1. The number of carbonyl (C=O) groups excluding carboxylic acids is 1. The summed E-state index contributed by atoms with van der Waals surface area (Å²) in [5.41, 5.74) is 0.602. The van der Waals surface area contributed by atoms with Crippen LogP contribution in [0.3, 0.4) is 0 Å². The summed E-state index contributed by atoms with van der Waals surface area (Å²) in [6.07, 6.45) is -0.540. The van der Waals surface area contributed by atoms with Gasteiger partial charge in [0.2, 0.25) is 5.91 Å². The molecule has 0 radical (unpaired) electrons. The summed E-state index contributed by atoms with van der Waals surface area (Å²) in [7, 11) is 1.49. The Bertz CT molecular complexity index is 613. The molecule has 1 unspecified atom stereocenters. The number of nitrogens with zero attached hydrogens (tertiary/aromatic N) is 1. The zero-order valence-corrected chi connectivity index (χ0v) is 13.9. The molecule has 1 fully saturated rings. The van der Waals surface area contributed by atoms with Crippen LogP contribution in [0.2, 0.25) is 0 Å². The van der Waals surface area contributed by atoms with E-state index in [4.69, 9.17) is 4.74 Å². The second-order valence-electron chi connectivity index (χ2n) is 5.78. The van der Waals surface area contributed by atoms with Crippen LogP contribution in [0.25, 0.3) is 0 Å². The number of alkyl halides is 4. The lowest BCUT2D eigenvalue weighted by Crippen LogP contribution is -2.41. The third-order valence-corrected chi connectivity index (χ3v) is 3.73. The number of ether oxygens (including phenoxy) is 2. The molecule has 0 aromatic heterocycles. The lowest BCUT2D eigenvalue weighted by atomic mass is 10.1. The highest BCUT2D eigenvalue weighted by Gasteiger charge is 2.43. The highest BCUT2D eigenvalue weighted by atomic mass is 19.3. The maximum Gasteiger partial charge on any atom is 0.387 e. The van der Waals surface area contributed by atoms with Crippen molar-refractivity contribution in [1.29, 1.82) is 0 Å². The molecule has 0 bridgehead atoms. The second kappa shape index (κ2) is 7.90. The first kappa shape index (κ1) is 19.3. The Morgan fingerprint density at radius 1 is 1.40 bits per heavy atom. The van der Waals surface area contributed by atoms with Crippen LogP contribution in [0, 0.1) is 0 Å². The summed E-state index contributed by atoms with van der Waals surface area (Å²) < 4.78 is 60.9. The number of likely N-dealkylation sites (N-methyl/N-ethyl adjacent to an activating group) is 1. The van der Waals surface area contributed by atoms with Gasteiger partial charge in [-0.1, -0.05) is 6.07 Å². The smallest absolute Gasteiger partial charge is 0.387 e. The van der Waals surface area contributed by atoms with Gasteiger partial charge in [-0.3, -0.25) is 10.1 Å². The molecule has 1 aromatic rings. The van der Waals surface area contributed by atoms with Crippen molar-refractivity contribution in [3.63, 3.8) is 0 Å². The summed E-state index contributed by atoms with van der Waals surface area (Å²) in [6.45, 7) is -1.44. The number of carbonyl (C=O) groups is 1. The van der Waals surface area contributed by atoms with Gasteiger partial charge in [-0.15, -0.1) is 0 Å². The Balaban J connectivity index is 2.06. The average Bonchev–Trinajstić information content (AvgIpc) is 2.89. The van der Waals surface area contributed by atoms with Crippen LogP contribution in [0.15, 0.2) is 18.2 Å². The molecule has 140 valence electrons. The summed E-state index contributed by atoms with van der Waals surface area (Å²) in [6, 6.07) is 3.39. The Morgan fingerprint density at radius 3 is 2.68 bits per heavy atom. The Hall–Kier alpha value is -2.03. The molecule has 2 rings (SSSR count). The third-order valence-electron chi connectivity index (χ3n) is 3.73. The molecule has 0 aliphatic carbocycles. The fraction of sp³-hybridized carbons (Fsp3) is 0.562. The molecule has 1 saturated heterocycles. The van der Waals surface area contributed by atoms with Gasteiger partial charge >= 0.3 is 6.61 Å². The maximum absolute atomic E-state index is 13.2. The van der Waals surface area contributed by atoms with Crippen molar-refractivity contribution in [2.75, 3.05) is 20.2 Å². The van der Waals surface area contributed by atoms with Crippen molar-refractivity contribution in [3.05, 3.63) is 23.8 Å². The van der Waals surface area contributed by atoms with Crippen molar-refractivity contribution in [3.8, 4) is 11.5 Å². The predicted octanol–water partition coefficient (Wildman–Crippen LogP) is 2.64. The highest BCUT2D eigenvalue weighted by molar-refractivity contribution is 5.82. The van der Waals surface area contributed by atoms with Gasteiger partial charge < -0.3 is 14.4 Å². The van der Waals surface area contributed by atoms with Crippen LogP contribution in [-0.4, -0.2) is 49.6 Å². The molecule has 9 heteroatoms. The van der Waals surface area contributed by atoms with Crippen molar-refractivity contribution < 1.29 is 31.8 Å². The minimum atomic E-state index is -2.98. The minimum absolute atomic E-state index is 0.105. The Labute approximate surface area is 142 Å². The van der Waals surface area contributed by atoms with E-state index in [0.29, 0.717) is 5.56 Å². The average molecular weight is 364 g/mol. The maximum atomic E-state index is 13.2. The van der Waals surface area contributed by atoms with Gasteiger partial charge in [-0.05, 0) is 24.6 Å². The van der Waals surface area contributed by atoms with Crippen LogP contribution >= 0.6 is 0 Å². The molecular weight excluding hydrogens is 344 g/mol. The lowest BCUT2D eigenvalue weighted by Gasteiger charge is -2.22. The molecule has 1 atom stereocenters. The highest BCUT2D eigenvalue weighted by Crippen LogP contribution is 2.31. The molecule has 1 N–H and O–H groups in total. The fourth-order valence-electron chi connectivity index (χ4n) is 2.62. The topological polar surface area (TPSA) is 50.8 Å². The molecule has 1 aromatic carbocycles. The summed E-state index contributed by atoms with van der Waals surface area (Å²) in [5.74, 6) is -3.32. The standard InChI is InChI=1S/C16H20F4N2O3/c1-3-24-13-6-10(4-5-12(13)25-15(17)18)8-22(2)14(23)11-7-16(19,20)9-21-11/h4-6,11,15,21H,3,7-9H2,1-2H3. The van der Waals surface area contributed by atoms with Gasteiger partial charge in [-0.25, -0.2) is 8.78 Å². The van der Waals surface area contributed by atoms with E-state index in [0.717, 1.165) is 0 Å². The van der Waals surface area contributed by atoms with Crippen LogP contribution in [-0.2, 0) is 11.3 Å². The largest absolute Gasteiger partial charge is 0.490 e. The third kappa shape index (κ3) is 5.22. The van der Waals surface area contributed by atoms with Gasteiger partial charge in [0.15, 0.2) is 11.5 Å². The van der Waals surface area contributed by atoms with Crippen LogP contribution in [0.4, 0.5) is 17.6 Å². The molecule has 0 spiro atoms. The summed E-state index contributed by atoms with van der Waals surface area (Å²) >= 11 is 0. The molecule has 0 saturated carbocycles. The Kier molecular flexibility index (Phi) is 6.10. The van der Waals surface area contributed by atoms with Gasteiger partial charge in [-0.2, -0.15) is 8.78 Å². The van der Waals surface area contributed by atoms with Crippen LogP contribution in [0.1, 0.15) is 18.9 Å². The van der Waals surface area contributed by atoms with Gasteiger partial charge in [0.1, 0.15) is 0 Å². The van der Waals surface area contributed by atoms with E-state index in [9.17, 15) is 22.4 Å². The lowest BCUT2D eigenvalue weighted by molar-refractivity contribution is -0.132. The normalized spacial score (nSPS) is 19.1. The van der Waals surface area contributed by atoms with E-state index in [1.807, 2.05) is 0 Å². The molecule has 1 aliphatic rings. The van der Waals surface area contributed by atoms with Crippen molar-refractivity contribution in [2.45, 2.75) is 38.5 Å². The number of hydrogen-bond donors (Lipinski definition) is 1. The first-order valence-electron chi connectivity index (χ1n) is 7.78. The quantitative estimate of drug-likeness (QED) is 0.756. The molecule has 1 aliphatic heterocycles. The number of hydrogen-bond acceptors (Lipinski definition) is 4. The number of rotatable bonds is 7. The number of benzene rings is 1. The van der Waals surface area contributed by atoms with E-state index < -0.39 is 37.4 Å². The SMILES string of the molecule is CCOc1cc(CN(C)C(=O)C2CC(F)(F)CN2)ccc1OC(F)F. The van der Waals surface area contributed by atoms with Crippen molar-refractivity contribution in [1.82, 2.24) is 10.2 Å². The molecular formula is C16H20F4N2O3. The monoisotopic (exact) mass is 364 g/mol. The van der Waals surface area contributed by atoms with Gasteiger partial charge in [0.25, 0.3) is 5.92 Å². The minimum Gasteiger partial charge on any atom is -0.490 e. The summed E-state index contributed by atoms with van der Waals surface area (Å²) in [4.78, 5) is 13.5. The zero-order chi connectivity index (χ0) is 18.6. The van der Waals surface area contributed by atoms with Crippen LogP contribution in [0.5, 0.6) is 11.5 Å². The van der Waals surface area contributed by atoms with Gasteiger partial charge in [0, 0.05) is 20.0 Å². The first-order valence-corrected chi connectivity index (χ1v) is 7.78. The molecule has 5 nitrogen and oxygen atoms in total.